The predicted molar refractivity (Wildman–Crippen MR) is 126 cm³/mol. The van der Waals surface area contributed by atoms with Gasteiger partial charge in [-0.05, 0) is 42.8 Å². The van der Waals surface area contributed by atoms with E-state index in [9.17, 15) is 4.79 Å². The molecule has 1 fully saturated rings. The highest BCUT2D eigenvalue weighted by Gasteiger charge is 2.22. The number of para-hydroxylation sites is 1. The van der Waals surface area contributed by atoms with Gasteiger partial charge in [-0.3, -0.25) is 4.79 Å². The van der Waals surface area contributed by atoms with Crippen LogP contribution in [0, 0.1) is 6.92 Å². The largest absolute Gasteiger partial charge is 0.497 e. The van der Waals surface area contributed by atoms with Gasteiger partial charge in [0, 0.05) is 44.3 Å². The minimum absolute atomic E-state index is 0.0943. The first-order valence-electron chi connectivity index (χ1n) is 10.5. The Morgan fingerprint density at radius 3 is 2.44 bits per heavy atom. The van der Waals surface area contributed by atoms with Crippen molar-refractivity contribution in [2.24, 2.45) is 0 Å². The SMILES string of the molecule is COc1ccc(N2CCN(C(=O)CSc3nccnc3Oc3ccccc3C)CC2)cc1. The smallest absolute Gasteiger partial charge is 0.252 e. The molecule has 1 aliphatic rings. The predicted octanol–water partition coefficient (Wildman–Crippen LogP) is 4.03. The zero-order valence-electron chi connectivity index (χ0n) is 18.2. The molecule has 1 amide bonds. The van der Waals surface area contributed by atoms with E-state index in [4.69, 9.17) is 9.47 Å². The number of methoxy groups -OCH3 is 1. The number of carbonyl (C=O) groups excluding carboxylic acids is 1. The van der Waals surface area contributed by atoms with Crippen LogP contribution in [0.3, 0.4) is 0 Å². The summed E-state index contributed by atoms with van der Waals surface area (Å²) in [5.41, 5.74) is 2.16. The van der Waals surface area contributed by atoms with Crippen molar-refractivity contribution in [1.82, 2.24) is 14.9 Å². The number of hydrogen-bond donors (Lipinski definition) is 0. The van der Waals surface area contributed by atoms with Gasteiger partial charge in [0.2, 0.25) is 5.91 Å². The van der Waals surface area contributed by atoms with E-state index < -0.39 is 0 Å². The summed E-state index contributed by atoms with van der Waals surface area (Å²) in [5, 5.41) is 0.612. The van der Waals surface area contributed by atoms with Crippen molar-refractivity contribution >= 4 is 23.4 Å². The van der Waals surface area contributed by atoms with Crippen LogP contribution >= 0.6 is 11.8 Å². The normalized spacial score (nSPS) is 13.7. The van der Waals surface area contributed by atoms with Crippen molar-refractivity contribution in [3.05, 3.63) is 66.5 Å². The van der Waals surface area contributed by atoms with Gasteiger partial charge in [-0.25, -0.2) is 9.97 Å². The fraction of sp³-hybridized carbons (Fsp3) is 0.292. The van der Waals surface area contributed by atoms with E-state index in [2.05, 4.69) is 27.0 Å². The Hall–Kier alpha value is -3.26. The summed E-state index contributed by atoms with van der Waals surface area (Å²) in [6, 6.07) is 15.8. The zero-order chi connectivity index (χ0) is 22.3. The van der Waals surface area contributed by atoms with Crippen molar-refractivity contribution < 1.29 is 14.3 Å². The Labute approximate surface area is 192 Å². The van der Waals surface area contributed by atoms with Crippen molar-refractivity contribution in [2.45, 2.75) is 11.9 Å². The van der Waals surface area contributed by atoms with E-state index >= 15 is 0 Å². The number of rotatable bonds is 7. The van der Waals surface area contributed by atoms with E-state index in [1.54, 1.807) is 19.5 Å². The Kier molecular flexibility index (Phi) is 7.11. The van der Waals surface area contributed by atoms with Gasteiger partial charge >= 0.3 is 0 Å². The lowest BCUT2D eigenvalue weighted by Crippen LogP contribution is -2.49. The summed E-state index contributed by atoms with van der Waals surface area (Å²) >= 11 is 1.36. The van der Waals surface area contributed by atoms with Crippen LogP contribution in [-0.4, -0.2) is 59.8 Å². The molecular formula is C24H26N4O3S. The molecule has 0 N–H and O–H groups in total. The summed E-state index contributed by atoms with van der Waals surface area (Å²) in [7, 11) is 1.66. The first-order chi connectivity index (χ1) is 15.6. The second-order valence-electron chi connectivity index (χ2n) is 7.39. The number of thioether (sulfide) groups is 1. The number of benzene rings is 2. The van der Waals surface area contributed by atoms with Crippen LogP contribution in [0.25, 0.3) is 0 Å². The molecule has 0 radical (unpaired) electrons. The van der Waals surface area contributed by atoms with Gasteiger partial charge in [0.15, 0.2) is 5.03 Å². The molecule has 2 heterocycles. The molecule has 0 spiro atoms. The topological polar surface area (TPSA) is 67.8 Å². The number of amides is 1. The molecular weight excluding hydrogens is 424 g/mol. The van der Waals surface area contributed by atoms with Crippen LogP contribution in [0.2, 0.25) is 0 Å². The maximum Gasteiger partial charge on any atom is 0.252 e. The minimum Gasteiger partial charge on any atom is -0.497 e. The van der Waals surface area contributed by atoms with Crippen molar-refractivity contribution in [3.63, 3.8) is 0 Å². The van der Waals surface area contributed by atoms with E-state index in [1.807, 2.05) is 48.2 Å². The van der Waals surface area contributed by atoms with Crippen molar-refractivity contribution in [1.29, 1.82) is 0 Å². The maximum absolute atomic E-state index is 12.8. The molecule has 0 saturated carbocycles. The van der Waals surface area contributed by atoms with E-state index in [1.165, 1.54) is 11.8 Å². The van der Waals surface area contributed by atoms with Crippen LogP contribution in [-0.2, 0) is 4.79 Å². The van der Waals surface area contributed by atoms with Crippen LogP contribution in [0.15, 0.2) is 66.0 Å². The molecule has 3 aromatic rings. The number of nitrogens with zero attached hydrogens (tertiary/aromatic N) is 4. The third kappa shape index (κ3) is 5.31. The van der Waals surface area contributed by atoms with Gasteiger partial charge in [0.25, 0.3) is 5.88 Å². The third-order valence-electron chi connectivity index (χ3n) is 5.34. The second-order valence-corrected chi connectivity index (χ2v) is 8.35. The first kappa shape index (κ1) is 22.0. The van der Waals surface area contributed by atoms with Crippen molar-refractivity contribution in [3.8, 4) is 17.4 Å². The molecule has 0 unspecified atom stereocenters. The summed E-state index contributed by atoms with van der Waals surface area (Å²) in [6.07, 6.45) is 3.21. The monoisotopic (exact) mass is 450 g/mol. The van der Waals surface area contributed by atoms with Gasteiger partial charge < -0.3 is 19.3 Å². The van der Waals surface area contributed by atoms with Crippen LogP contribution in [0.4, 0.5) is 5.69 Å². The molecule has 2 aromatic carbocycles. The standard InChI is InChI=1S/C24H26N4O3S/c1-18-5-3-4-6-21(18)31-23-24(26-12-11-25-23)32-17-22(29)28-15-13-27(14-16-28)19-7-9-20(30-2)10-8-19/h3-12H,13-17H2,1-2H3. The molecule has 1 saturated heterocycles. The zero-order valence-corrected chi connectivity index (χ0v) is 19.0. The Bertz CT molecular complexity index is 1050. The molecule has 0 aliphatic carbocycles. The Morgan fingerprint density at radius 2 is 1.72 bits per heavy atom. The number of hydrogen-bond acceptors (Lipinski definition) is 7. The summed E-state index contributed by atoms with van der Waals surface area (Å²) < 4.78 is 11.2. The lowest BCUT2D eigenvalue weighted by Gasteiger charge is -2.36. The Morgan fingerprint density at radius 1 is 1.00 bits per heavy atom. The molecule has 1 aromatic heterocycles. The number of anilines is 1. The highest BCUT2D eigenvalue weighted by molar-refractivity contribution is 8.00. The number of aromatic nitrogens is 2. The van der Waals surface area contributed by atoms with E-state index in [0.717, 1.165) is 35.8 Å². The highest BCUT2D eigenvalue weighted by atomic mass is 32.2. The van der Waals surface area contributed by atoms with Gasteiger partial charge in [0.05, 0.1) is 12.9 Å². The van der Waals surface area contributed by atoms with E-state index in [-0.39, 0.29) is 5.91 Å². The molecule has 0 bridgehead atoms. The molecule has 0 atom stereocenters. The Balaban J connectivity index is 1.31. The quantitative estimate of drug-likeness (QED) is 0.504. The average molecular weight is 451 g/mol. The summed E-state index contributed by atoms with van der Waals surface area (Å²) in [4.78, 5) is 25.7. The lowest BCUT2D eigenvalue weighted by molar-refractivity contribution is -0.128. The van der Waals surface area contributed by atoms with Gasteiger partial charge in [-0.1, -0.05) is 30.0 Å². The molecule has 8 heteroatoms. The molecule has 7 nitrogen and oxygen atoms in total. The molecule has 4 rings (SSSR count). The lowest BCUT2D eigenvalue weighted by atomic mass is 10.2. The number of piperazine rings is 1. The van der Waals surface area contributed by atoms with Gasteiger partial charge in [-0.2, -0.15) is 0 Å². The van der Waals surface area contributed by atoms with Crippen LogP contribution in [0.1, 0.15) is 5.56 Å². The third-order valence-corrected chi connectivity index (χ3v) is 6.28. The highest BCUT2D eigenvalue weighted by Crippen LogP contribution is 2.30. The van der Waals surface area contributed by atoms with Crippen LogP contribution in [0.5, 0.6) is 17.4 Å². The van der Waals surface area contributed by atoms with Crippen molar-refractivity contribution in [2.75, 3.05) is 43.9 Å². The fourth-order valence-corrected chi connectivity index (χ4v) is 4.28. The number of ether oxygens (including phenoxy) is 2. The molecule has 166 valence electrons. The van der Waals surface area contributed by atoms with E-state index in [0.29, 0.717) is 29.7 Å². The average Bonchev–Trinajstić information content (AvgIpc) is 2.85. The summed E-state index contributed by atoms with van der Waals surface area (Å²) in [5.74, 6) is 2.39. The van der Waals surface area contributed by atoms with Gasteiger partial charge in [-0.15, -0.1) is 0 Å². The minimum atomic E-state index is 0.0943. The summed E-state index contributed by atoms with van der Waals surface area (Å²) in [6.45, 7) is 4.97. The molecule has 32 heavy (non-hydrogen) atoms. The second kappa shape index (κ2) is 10.4. The fourth-order valence-electron chi connectivity index (χ4n) is 3.49. The van der Waals surface area contributed by atoms with Gasteiger partial charge in [0.1, 0.15) is 11.5 Å². The first-order valence-corrected chi connectivity index (χ1v) is 11.5. The van der Waals surface area contributed by atoms with Crippen LogP contribution < -0.4 is 14.4 Å². The molecule has 1 aliphatic heterocycles. The number of carbonyl (C=O) groups is 1. The maximum atomic E-state index is 12.8. The number of aryl methyl sites for hydroxylation is 1.